The highest BCUT2D eigenvalue weighted by atomic mass is 19.1. The quantitative estimate of drug-likeness (QED) is 0.100. The minimum absolute atomic E-state index is 0.0427. The van der Waals surface area contributed by atoms with Crippen LogP contribution in [-0.2, 0) is 0 Å². The first-order valence-electron chi connectivity index (χ1n) is 14.4. The van der Waals surface area contributed by atoms with E-state index in [1.54, 1.807) is 12.1 Å². The molecule has 216 valence electrons. The van der Waals surface area contributed by atoms with Gasteiger partial charge in [0.15, 0.2) is 11.6 Å². The molecule has 0 N–H and O–H groups in total. The second-order valence-corrected chi connectivity index (χ2v) is 11.8. The molecule has 4 heterocycles. The lowest BCUT2D eigenvalue weighted by Gasteiger charge is -2.18. The predicted octanol–water partition coefficient (Wildman–Crippen LogP) is 7.80. The minimum Gasteiger partial charge on any atom is -0.268 e. The Bertz CT molecular complexity index is 3110. The number of fused-ring (bicyclic) bond motifs is 10. The lowest BCUT2D eigenvalue weighted by atomic mass is 9.86. The number of halogens is 4. The molecular weight excluding hydrogens is 596 g/mol. The lowest BCUT2D eigenvalue weighted by Crippen LogP contribution is -2.14. The molecule has 0 aliphatic rings. The van der Waals surface area contributed by atoms with Crippen LogP contribution in [0.15, 0.2) is 82.4 Å². The maximum absolute atomic E-state index is 15.0. The summed E-state index contributed by atoms with van der Waals surface area (Å²) in [6, 6.07) is 18.3. The molecule has 0 amide bonds. The highest BCUT2D eigenvalue weighted by molar-refractivity contribution is 6.40. The molecule has 46 heavy (non-hydrogen) atoms. The molecule has 0 atom stereocenters. The molecule has 11 rings (SSSR count). The van der Waals surface area contributed by atoms with Crippen LogP contribution < -0.4 is 11.1 Å². The van der Waals surface area contributed by atoms with Crippen molar-refractivity contribution in [1.29, 1.82) is 0 Å². The Labute approximate surface area is 251 Å². The van der Waals surface area contributed by atoms with Crippen molar-refractivity contribution in [3.63, 3.8) is 0 Å². The molecule has 0 saturated heterocycles. The number of hydrogen-bond acceptors (Lipinski definition) is 4. The Morgan fingerprint density at radius 3 is 1.15 bits per heavy atom. The van der Waals surface area contributed by atoms with Gasteiger partial charge in [-0.1, -0.05) is 24.3 Å². The fraction of sp³-hybridized carbons (Fsp3) is 0. The maximum Gasteiger partial charge on any atom is 0.264 e. The van der Waals surface area contributed by atoms with Crippen molar-refractivity contribution < 1.29 is 17.6 Å². The van der Waals surface area contributed by atoms with Crippen LogP contribution in [-0.4, -0.2) is 18.8 Å². The van der Waals surface area contributed by atoms with Gasteiger partial charge in [-0.3, -0.25) is 18.4 Å². The number of benzene rings is 7. The summed E-state index contributed by atoms with van der Waals surface area (Å²) >= 11 is 0. The van der Waals surface area contributed by atoms with Gasteiger partial charge in [-0.25, -0.2) is 27.5 Å². The van der Waals surface area contributed by atoms with Crippen molar-refractivity contribution in [2.45, 2.75) is 0 Å². The highest BCUT2D eigenvalue weighted by Gasteiger charge is 2.25. The molecule has 0 radical (unpaired) electrons. The van der Waals surface area contributed by atoms with Crippen molar-refractivity contribution in [3.05, 3.63) is 117 Å². The van der Waals surface area contributed by atoms with Gasteiger partial charge in [0, 0.05) is 56.6 Å². The van der Waals surface area contributed by atoms with E-state index in [0.29, 0.717) is 32.3 Å². The van der Waals surface area contributed by atoms with Gasteiger partial charge in [0.05, 0.1) is 11.0 Å². The average Bonchev–Trinajstić information content (AvgIpc) is 3.61. The molecule has 10 heteroatoms. The van der Waals surface area contributed by atoms with E-state index >= 15 is 0 Å². The Kier molecular flexibility index (Phi) is 3.97. The standard InChI is InChI=1S/C36H12F4N4O2/c37-13-9-23(39)31-25(11-13)41-33-19-5-1-15-16-2-6-20-30-22(36(46)44-32-24(40)10-14(38)12-26(32)42-34(20)44)8-4-18(28(16)30)17-3-7-21(29(19)27(15)17)35(45)43(31)33/h1-12H. The summed E-state index contributed by atoms with van der Waals surface area (Å²) in [6.07, 6.45) is 0. The van der Waals surface area contributed by atoms with Crippen molar-refractivity contribution in [1.82, 2.24) is 18.8 Å². The molecule has 4 aromatic heterocycles. The van der Waals surface area contributed by atoms with Gasteiger partial charge in [0.2, 0.25) is 0 Å². The summed E-state index contributed by atoms with van der Waals surface area (Å²) in [5, 5.41) is 8.13. The number of rotatable bonds is 0. The van der Waals surface area contributed by atoms with Crippen LogP contribution in [0, 0.1) is 23.3 Å². The van der Waals surface area contributed by atoms with E-state index in [1.165, 1.54) is 8.80 Å². The van der Waals surface area contributed by atoms with Crippen molar-refractivity contribution in [2.75, 3.05) is 0 Å². The van der Waals surface area contributed by atoms with Gasteiger partial charge < -0.3 is 0 Å². The summed E-state index contributed by atoms with van der Waals surface area (Å²) in [5.74, 6) is -3.32. The lowest BCUT2D eigenvalue weighted by molar-refractivity contribution is 0.589. The zero-order valence-corrected chi connectivity index (χ0v) is 23.0. The number of pyridine rings is 2. The molecule has 0 fully saturated rings. The molecule has 7 aromatic carbocycles. The molecule has 0 spiro atoms. The van der Waals surface area contributed by atoms with Crippen molar-refractivity contribution in [3.8, 4) is 0 Å². The molecule has 0 aliphatic carbocycles. The first kappa shape index (κ1) is 24.2. The molecule has 0 unspecified atom stereocenters. The van der Waals surface area contributed by atoms with E-state index in [4.69, 9.17) is 0 Å². The maximum atomic E-state index is 15.0. The zero-order valence-electron chi connectivity index (χ0n) is 23.0. The second-order valence-electron chi connectivity index (χ2n) is 11.8. The van der Waals surface area contributed by atoms with Gasteiger partial charge in [0.1, 0.15) is 34.0 Å². The molecule has 0 bridgehead atoms. The Morgan fingerprint density at radius 1 is 0.435 bits per heavy atom. The third kappa shape index (κ3) is 2.55. The van der Waals surface area contributed by atoms with Gasteiger partial charge in [-0.05, 0) is 56.6 Å². The van der Waals surface area contributed by atoms with Crippen LogP contribution in [0.2, 0.25) is 0 Å². The van der Waals surface area contributed by atoms with Gasteiger partial charge in [0.25, 0.3) is 11.1 Å². The van der Waals surface area contributed by atoms with E-state index in [0.717, 1.165) is 56.6 Å². The van der Waals surface area contributed by atoms with Crippen LogP contribution in [0.1, 0.15) is 0 Å². The highest BCUT2D eigenvalue weighted by Crippen LogP contribution is 2.46. The first-order chi connectivity index (χ1) is 22.3. The van der Waals surface area contributed by atoms with Crippen LogP contribution in [0.5, 0.6) is 0 Å². The third-order valence-electron chi connectivity index (χ3n) is 9.59. The largest absolute Gasteiger partial charge is 0.268 e. The van der Waals surface area contributed by atoms with Crippen LogP contribution in [0.3, 0.4) is 0 Å². The normalized spacial score (nSPS) is 13.0. The minimum atomic E-state index is -0.874. The Morgan fingerprint density at radius 2 is 0.761 bits per heavy atom. The van der Waals surface area contributed by atoms with E-state index in [9.17, 15) is 27.2 Å². The summed E-state index contributed by atoms with van der Waals surface area (Å²) in [6.45, 7) is 0. The third-order valence-corrected chi connectivity index (χ3v) is 9.59. The summed E-state index contributed by atoms with van der Waals surface area (Å²) < 4.78 is 60.6. The number of aromatic nitrogens is 4. The fourth-order valence-electron chi connectivity index (χ4n) is 7.87. The van der Waals surface area contributed by atoms with E-state index in [2.05, 4.69) is 9.97 Å². The van der Waals surface area contributed by atoms with Gasteiger partial charge in [-0.15, -0.1) is 0 Å². The van der Waals surface area contributed by atoms with Crippen molar-refractivity contribution >= 4 is 98.0 Å². The van der Waals surface area contributed by atoms with Crippen LogP contribution in [0.25, 0.3) is 98.0 Å². The molecule has 6 nitrogen and oxygen atoms in total. The molecule has 0 saturated carbocycles. The monoisotopic (exact) mass is 608 g/mol. The molecule has 0 aliphatic heterocycles. The number of nitrogens with zero attached hydrogens (tertiary/aromatic N) is 4. The Hall–Kier alpha value is -6.16. The fourth-order valence-corrected chi connectivity index (χ4v) is 7.87. The average molecular weight is 609 g/mol. The number of hydrogen-bond donors (Lipinski definition) is 0. The van der Waals surface area contributed by atoms with Crippen LogP contribution in [0.4, 0.5) is 17.6 Å². The summed E-state index contributed by atoms with van der Waals surface area (Å²) in [4.78, 5) is 36.9. The second kappa shape index (κ2) is 7.55. The van der Waals surface area contributed by atoms with Crippen LogP contribution >= 0.6 is 0 Å². The molecular formula is C36H12F4N4O2. The predicted molar refractivity (Wildman–Crippen MR) is 170 cm³/mol. The van der Waals surface area contributed by atoms with E-state index in [1.807, 2.05) is 36.4 Å². The topological polar surface area (TPSA) is 68.7 Å². The zero-order chi connectivity index (χ0) is 30.9. The first-order valence-corrected chi connectivity index (χ1v) is 14.4. The van der Waals surface area contributed by atoms with Crippen molar-refractivity contribution in [2.24, 2.45) is 0 Å². The SMILES string of the molecule is O=c1c2ccc3c4ccc5c(=O)n6c(nc7cc(F)cc(F)c76)c6ccc(c7ccc(c2c37)c2nc3cc(F)cc(F)c3n12)c4c56. The van der Waals surface area contributed by atoms with E-state index < -0.39 is 34.4 Å². The molecule has 11 aromatic rings. The van der Waals surface area contributed by atoms with E-state index in [-0.39, 0.29) is 33.4 Å². The van der Waals surface area contributed by atoms with Gasteiger partial charge >= 0.3 is 0 Å². The summed E-state index contributed by atoms with van der Waals surface area (Å²) in [7, 11) is 0. The number of imidazole rings is 2. The Balaban J connectivity index is 1.37. The smallest absolute Gasteiger partial charge is 0.264 e. The summed E-state index contributed by atoms with van der Waals surface area (Å²) in [5.41, 5.74) is -0.560. The van der Waals surface area contributed by atoms with Gasteiger partial charge in [-0.2, -0.15) is 0 Å².